The van der Waals surface area contributed by atoms with Crippen LogP contribution in [0.15, 0.2) is 28.7 Å². The Labute approximate surface area is 194 Å². The number of carboxylic acid groups (broad SMARTS) is 1. The number of amides is 1. The number of hydrogen-bond acceptors (Lipinski definition) is 6. The quantitative estimate of drug-likeness (QED) is 0.544. The normalized spacial score (nSPS) is 18.7. The molecule has 0 aliphatic heterocycles. The van der Waals surface area contributed by atoms with E-state index in [1.54, 1.807) is 21.0 Å². The van der Waals surface area contributed by atoms with E-state index >= 15 is 0 Å². The summed E-state index contributed by atoms with van der Waals surface area (Å²) >= 11 is 0. The van der Waals surface area contributed by atoms with Crippen LogP contribution in [0.3, 0.4) is 0 Å². The molecule has 2 atom stereocenters. The maximum Gasteiger partial charge on any atom is 0.304 e. The number of aliphatic carboxylic acids is 1. The van der Waals surface area contributed by atoms with Crippen molar-refractivity contribution in [2.45, 2.75) is 65.5 Å². The van der Waals surface area contributed by atoms with E-state index in [4.69, 9.17) is 19.0 Å². The number of oxazole rings is 1. The molecule has 1 amide bonds. The van der Waals surface area contributed by atoms with Crippen molar-refractivity contribution in [2.24, 2.45) is 11.3 Å². The second kappa shape index (κ2) is 10.8. The van der Waals surface area contributed by atoms with Crippen molar-refractivity contribution in [3.63, 3.8) is 0 Å². The zero-order chi connectivity index (χ0) is 24.0. The summed E-state index contributed by atoms with van der Waals surface area (Å²) in [5, 5.41) is 12.1. The SMILES string of the molecule is COc1cccc(-c2nc(COCC3CCCC(NC(=O)C(C)(C)CC(=O)O)C3)c(C)o2)c1. The molecule has 1 aromatic heterocycles. The number of carbonyl (C=O) groups is 2. The van der Waals surface area contributed by atoms with Gasteiger partial charge in [-0.2, -0.15) is 0 Å². The predicted molar refractivity (Wildman–Crippen MR) is 123 cm³/mol. The van der Waals surface area contributed by atoms with Crippen LogP contribution in [0, 0.1) is 18.3 Å². The van der Waals surface area contributed by atoms with Gasteiger partial charge in [-0.05, 0) is 50.3 Å². The highest BCUT2D eigenvalue weighted by Gasteiger charge is 2.33. The molecule has 2 N–H and O–H groups in total. The first-order valence-electron chi connectivity index (χ1n) is 11.4. The number of benzene rings is 1. The minimum Gasteiger partial charge on any atom is -0.497 e. The van der Waals surface area contributed by atoms with Gasteiger partial charge in [0.15, 0.2) is 0 Å². The van der Waals surface area contributed by atoms with Crippen LogP contribution in [-0.2, 0) is 20.9 Å². The number of methoxy groups -OCH3 is 1. The van der Waals surface area contributed by atoms with Crippen LogP contribution >= 0.6 is 0 Å². The van der Waals surface area contributed by atoms with Crippen LogP contribution in [0.25, 0.3) is 11.5 Å². The van der Waals surface area contributed by atoms with E-state index < -0.39 is 11.4 Å². The van der Waals surface area contributed by atoms with Crippen molar-refractivity contribution in [2.75, 3.05) is 13.7 Å². The average molecular weight is 459 g/mol. The Kier molecular flexibility index (Phi) is 8.13. The molecule has 1 aliphatic carbocycles. The number of ether oxygens (including phenoxy) is 2. The lowest BCUT2D eigenvalue weighted by Gasteiger charge is -2.32. The molecule has 2 aromatic rings. The monoisotopic (exact) mass is 458 g/mol. The molecule has 8 nitrogen and oxygen atoms in total. The molecule has 1 fully saturated rings. The van der Waals surface area contributed by atoms with Crippen molar-refractivity contribution in [1.82, 2.24) is 10.3 Å². The molecular formula is C25H34N2O6. The Bertz CT molecular complexity index is 968. The van der Waals surface area contributed by atoms with E-state index in [1.807, 2.05) is 31.2 Å². The Morgan fingerprint density at radius 1 is 1.30 bits per heavy atom. The molecule has 0 spiro atoms. The summed E-state index contributed by atoms with van der Waals surface area (Å²) in [6, 6.07) is 7.61. The van der Waals surface area contributed by atoms with Crippen LogP contribution in [0.1, 0.15) is 57.4 Å². The molecule has 0 bridgehead atoms. The highest BCUT2D eigenvalue weighted by molar-refractivity contribution is 5.86. The Morgan fingerprint density at radius 3 is 2.82 bits per heavy atom. The Morgan fingerprint density at radius 2 is 2.09 bits per heavy atom. The van der Waals surface area contributed by atoms with E-state index in [1.165, 1.54) is 0 Å². The fourth-order valence-corrected chi connectivity index (χ4v) is 4.18. The summed E-state index contributed by atoms with van der Waals surface area (Å²) in [5.74, 6) is 1.15. The number of nitrogens with one attached hydrogen (secondary N) is 1. The molecule has 33 heavy (non-hydrogen) atoms. The second-order valence-corrected chi connectivity index (χ2v) is 9.43. The van der Waals surface area contributed by atoms with Crippen molar-refractivity contribution in [1.29, 1.82) is 0 Å². The Balaban J connectivity index is 1.50. The van der Waals surface area contributed by atoms with Gasteiger partial charge < -0.3 is 24.3 Å². The molecule has 2 unspecified atom stereocenters. The predicted octanol–water partition coefficient (Wildman–Crippen LogP) is 4.35. The second-order valence-electron chi connectivity index (χ2n) is 9.43. The first-order chi connectivity index (χ1) is 15.7. The van der Waals surface area contributed by atoms with Crippen LogP contribution < -0.4 is 10.1 Å². The van der Waals surface area contributed by atoms with Gasteiger partial charge >= 0.3 is 5.97 Å². The third-order valence-corrected chi connectivity index (χ3v) is 6.13. The van der Waals surface area contributed by atoms with Crippen molar-refractivity contribution >= 4 is 11.9 Å². The molecule has 1 aliphatic rings. The van der Waals surface area contributed by atoms with Gasteiger partial charge in [-0.3, -0.25) is 9.59 Å². The number of carboxylic acids is 1. The van der Waals surface area contributed by atoms with Crippen molar-refractivity contribution in [3.8, 4) is 17.2 Å². The minimum atomic E-state index is -0.970. The van der Waals surface area contributed by atoms with Crippen molar-refractivity contribution < 1.29 is 28.6 Å². The lowest BCUT2D eigenvalue weighted by molar-refractivity contribution is -0.144. The molecule has 180 valence electrons. The van der Waals surface area contributed by atoms with Crippen LogP contribution in [-0.4, -0.2) is 41.7 Å². The first kappa shape index (κ1) is 24.8. The van der Waals surface area contributed by atoms with Gasteiger partial charge in [0.25, 0.3) is 0 Å². The van der Waals surface area contributed by atoms with E-state index in [9.17, 15) is 9.59 Å². The van der Waals surface area contributed by atoms with Gasteiger partial charge in [0.2, 0.25) is 11.8 Å². The molecule has 0 saturated heterocycles. The van der Waals surface area contributed by atoms with Crippen LogP contribution in [0.4, 0.5) is 0 Å². The number of rotatable bonds is 10. The fourth-order valence-electron chi connectivity index (χ4n) is 4.18. The molecular weight excluding hydrogens is 424 g/mol. The number of aromatic nitrogens is 1. The largest absolute Gasteiger partial charge is 0.497 e. The molecule has 1 heterocycles. The zero-order valence-electron chi connectivity index (χ0n) is 19.8. The van der Waals surface area contributed by atoms with Gasteiger partial charge in [0.05, 0.1) is 25.6 Å². The zero-order valence-corrected chi connectivity index (χ0v) is 19.8. The lowest BCUT2D eigenvalue weighted by Crippen LogP contribution is -2.45. The van der Waals surface area contributed by atoms with E-state index in [2.05, 4.69) is 10.3 Å². The summed E-state index contributed by atoms with van der Waals surface area (Å²) in [6.45, 7) is 6.14. The summed E-state index contributed by atoms with van der Waals surface area (Å²) in [7, 11) is 1.62. The third-order valence-electron chi connectivity index (χ3n) is 6.13. The topological polar surface area (TPSA) is 111 Å². The summed E-state index contributed by atoms with van der Waals surface area (Å²) in [6.07, 6.45) is 3.57. The molecule has 3 rings (SSSR count). The van der Waals surface area contributed by atoms with E-state index in [0.29, 0.717) is 25.0 Å². The Hall–Kier alpha value is -2.87. The number of nitrogens with zero attached hydrogens (tertiary/aromatic N) is 1. The molecule has 8 heteroatoms. The van der Waals surface area contributed by atoms with Gasteiger partial charge in [-0.15, -0.1) is 0 Å². The van der Waals surface area contributed by atoms with Gasteiger partial charge in [-0.1, -0.05) is 26.3 Å². The fraction of sp³-hybridized carbons (Fsp3) is 0.560. The third kappa shape index (κ3) is 6.81. The molecule has 0 radical (unpaired) electrons. The smallest absolute Gasteiger partial charge is 0.304 e. The maximum atomic E-state index is 12.5. The average Bonchev–Trinajstić information content (AvgIpc) is 3.14. The van der Waals surface area contributed by atoms with E-state index in [0.717, 1.165) is 48.5 Å². The van der Waals surface area contributed by atoms with Gasteiger partial charge in [-0.25, -0.2) is 4.98 Å². The van der Waals surface area contributed by atoms with Gasteiger partial charge in [0.1, 0.15) is 17.2 Å². The van der Waals surface area contributed by atoms with Crippen molar-refractivity contribution in [3.05, 3.63) is 35.7 Å². The molecule has 1 aromatic carbocycles. The molecule has 1 saturated carbocycles. The standard InChI is InChI=1S/C25H34N2O6/c1-16-21(27-23(33-16)18-8-6-10-20(12-18)31-4)15-32-14-17-7-5-9-19(11-17)26-24(30)25(2,3)13-22(28)29/h6,8,10,12,17,19H,5,7,9,11,13-15H2,1-4H3,(H,26,30)(H,28,29). The summed E-state index contributed by atoms with van der Waals surface area (Å²) in [4.78, 5) is 28.1. The number of hydrogen-bond donors (Lipinski definition) is 2. The summed E-state index contributed by atoms with van der Waals surface area (Å²) < 4.78 is 17.1. The lowest BCUT2D eigenvalue weighted by atomic mass is 9.84. The number of aryl methyl sites for hydroxylation is 1. The maximum absolute atomic E-state index is 12.5. The number of carbonyl (C=O) groups excluding carboxylic acids is 1. The highest BCUT2D eigenvalue weighted by atomic mass is 16.5. The summed E-state index contributed by atoms with van der Waals surface area (Å²) in [5.41, 5.74) is 0.685. The highest BCUT2D eigenvalue weighted by Crippen LogP contribution is 2.28. The minimum absolute atomic E-state index is 0.0429. The van der Waals surface area contributed by atoms with Crippen LogP contribution in [0.2, 0.25) is 0 Å². The first-order valence-corrected chi connectivity index (χ1v) is 11.4. The van der Waals surface area contributed by atoms with Crippen LogP contribution in [0.5, 0.6) is 5.75 Å². The van der Waals surface area contributed by atoms with Gasteiger partial charge in [0, 0.05) is 18.2 Å². The van der Waals surface area contributed by atoms with E-state index in [-0.39, 0.29) is 18.4 Å².